The van der Waals surface area contributed by atoms with Crippen LogP contribution in [0.4, 0.5) is 10.5 Å². The summed E-state index contributed by atoms with van der Waals surface area (Å²) in [5.74, 6) is -1.62. The number of nitrogens with zero attached hydrogens (tertiary/aromatic N) is 1. The fourth-order valence-electron chi connectivity index (χ4n) is 2.93. The molecule has 4 amide bonds. The first-order chi connectivity index (χ1) is 15.7. The van der Waals surface area contributed by atoms with Crippen LogP contribution in [0.15, 0.2) is 35.9 Å². The number of aryl methyl sites for hydroxylation is 1. The highest BCUT2D eigenvalue weighted by molar-refractivity contribution is 14.1. The van der Waals surface area contributed by atoms with Crippen LogP contribution in [0.2, 0.25) is 5.02 Å². The number of anilines is 1. The molecule has 1 saturated heterocycles. The van der Waals surface area contributed by atoms with Crippen LogP contribution in [-0.2, 0) is 19.1 Å². The molecule has 0 radical (unpaired) electrons. The standard InChI is InChI=1S/C22H18ClIN2O7/c1-11-4-5-13(9-15(11)23)26-21(29)14(20(28)25-22(26)30)6-12-7-16(24)19(17(8-12)31-2)33-10-18(27)32-3/h4-9H,10H2,1-3H3,(H,25,28,30)/b14-6-. The largest absolute Gasteiger partial charge is 0.493 e. The van der Waals surface area contributed by atoms with E-state index in [1.165, 1.54) is 32.4 Å². The van der Waals surface area contributed by atoms with Gasteiger partial charge >= 0.3 is 12.0 Å². The van der Waals surface area contributed by atoms with E-state index in [2.05, 4.69) is 10.1 Å². The van der Waals surface area contributed by atoms with Crippen molar-refractivity contribution in [2.24, 2.45) is 0 Å². The van der Waals surface area contributed by atoms with Crippen molar-refractivity contribution in [3.05, 3.63) is 55.6 Å². The summed E-state index contributed by atoms with van der Waals surface area (Å²) < 4.78 is 15.9. The second-order valence-corrected chi connectivity index (χ2v) is 8.36. The zero-order chi connectivity index (χ0) is 24.3. The van der Waals surface area contributed by atoms with E-state index in [9.17, 15) is 19.2 Å². The highest BCUT2D eigenvalue weighted by Crippen LogP contribution is 2.35. The van der Waals surface area contributed by atoms with E-state index < -0.39 is 23.8 Å². The fraction of sp³-hybridized carbons (Fsp3) is 0.182. The predicted molar refractivity (Wildman–Crippen MR) is 128 cm³/mol. The number of ether oxygens (including phenoxy) is 3. The molecule has 0 aliphatic carbocycles. The lowest BCUT2D eigenvalue weighted by Gasteiger charge is -2.26. The molecule has 0 bridgehead atoms. The van der Waals surface area contributed by atoms with Crippen molar-refractivity contribution in [2.75, 3.05) is 25.7 Å². The highest BCUT2D eigenvalue weighted by atomic mass is 127. The minimum absolute atomic E-state index is 0.227. The third-order valence-corrected chi connectivity index (χ3v) is 5.85. The van der Waals surface area contributed by atoms with E-state index in [0.29, 0.717) is 19.9 Å². The van der Waals surface area contributed by atoms with Crippen molar-refractivity contribution in [1.29, 1.82) is 0 Å². The monoisotopic (exact) mass is 584 g/mol. The SMILES string of the molecule is COC(=O)COc1c(I)cc(/C=C2/C(=O)NC(=O)N(c3ccc(C)c(Cl)c3)C2=O)cc1OC. The molecule has 3 rings (SSSR count). The molecule has 1 heterocycles. The van der Waals surface area contributed by atoms with Crippen molar-refractivity contribution < 1.29 is 33.4 Å². The van der Waals surface area contributed by atoms with Crippen LogP contribution < -0.4 is 19.7 Å². The zero-order valence-corrected chi connectivity index (χ0v) is 20.6. The zero-order valence-electron chi connectivity index (χ0n) is 17.7. The number of hydrogen-bond acceptors (Lipinski definition) is 7. The topological polar surface area (TPSA) is 111 Å². The second kappa shape index (κ2) is 10.2. The molecule has 1 N–H and O–H groups in total. The van der Waals surface area contributed by atoms with Gasteiger partial charge in [0.25, 0.3) is 11.8 Å². The predicted octanol–water partition coefficient (Wildman–Crippen LogP) is 3.48. The number of hydrogen-bond donors (Lipinski definition) is 1. The number of urea groups is 1. The number of esters is 1. The van der Waals surface area contributed by atoms with Gasteiger partial charge in [-0.15, -0.1) is 0 Å². The van der Waals surface area contributed by atoms with Gasteiger partial charge in [0.1, 0.15) is 5.57 Å². The first-order valence-electron chi connectivity index (χ1n) is 9.41. The van der Waals surface area contributed by atoms with Gasteiger partial charge in [-0.1, -0.05) is 17.7 Å². The number of nitrogens with one attached hydrogen (secondary N) is 1. The quantitative estimate of drug-likeness (QED) is 0.240. The summed E-state index contributed by atoms with van der Waals surface area (Å²) in [6.45, 7) is 1.47. The molecule has 33 heavy (non-hydrogen) atoms. The summed E-state index contributed by atoms with van der Waals surface area (Å²) in [7, 11) is 2.65. The van der Waals surface area contributed by atoms with Crippen molar-refractivity contribution in [2.45, 2.75) is 6.92 Å². The Hall–Kier alpha value is -3.12. The molecule has 11 heteroatoms. The van der Waals surface area contributed by atoms with E-state index in [1.54, 1.807) is 25.1 Å². The van der Waals surface area contributed by atoms with Gasteiger partial charge in [0, 0.05) is 5.02 Å². The van der Waals surface area contributed by atoms with Crippen LogP contribution in [0.25, 0.3) is 6.08 Å². The maximum absolute atomic E-state index is 13.1. The normalized spacial score (nSPS) is 14.9. The summed E-state index contributed by atoms with van der Waals surface area (Å²) in [4.78, 5) is 50.2. The fourth-order valence-corrected chi connectivity index (χ4v) is 3.89. The van der Waals surface area contributed by atoms with Gasteiger partial charge in [0.05, 0.1) is 23.5 Å². The molecule has 9 nitrogen and oxygen atoms in total. The molecule has 1 aliphatic heterocycles. The Morgan fingerprint density at radius 1 is 1.18 bits per heavy atom. The minimum atomic E-state index is -0.874. The first-order valence-corrected chi connectivity index (χ1v) is 10.9. The molecule has 1 fully saturated rings. The van der Waals surface area contributed by atoms with E-state index in [1.807, 2.05) is 22.6 Å². The van der Waals surface area contributed by atoms with Gasteiger partial charge in [-0.2, -0.15) is 0 Å². The first kappa shape index (κ1) is 24.5. The molecule has 0 saturated carbocycles. The van der Waals surface area contributed by atoms with E-state index in [-0.39, 0.29) is 23.6 Å². The lowest BCUT2D eigenvalue weighted by atomic mass is 10.1. The van der Waals surface area contributed by atoms with Crippen molar-refractivity contribution in [1.82, 2.24) is 5.32 Å². The molecule has 172 valence electrons. The molecular formula is C22H18ClIN2O7. The Morgan fingerprint density at radius 2 is 1.91 bits per heavy atom. The Bertz CT molecular complexity index is 1200. The number of carbonyl (C=O) groups excluding carboxylic acids is 4. The molecule has 0 unspecified atom stereocenters. The number of benzene rings is 2. The maximum Gasteiger partial charge on any atom is 0.343 e. The molecular weight excluding hydrogens is 567 g/mol. The average Bonchev–Trinajstić information content (AvgIpc) is 2.77. The summed E-state index contributed by atoms with van der Waals surface area (Å²) in [5, 5.41) is 2.54. The van der Waals surface area contributed by atoms with Gasteiger partial charge < -0.3 is 14.2 Å². The number of barbiturate groups is 1. The average molecular weight is 585 g/mol. The van der Waals surface area contributed by atoms with Crippen LogP contribution in [-0.4, -0.2) is 44.6 Å². The Balaban J connectivity index is 1.98. The van der Waals surface area contributed by atoms with Crippen molar-refractivity contribution in [3.63, 3.8) is 0 Å². The van der Waals surface area contributed by atoms with Crippen molar-refractivity contribution in [3.8, 4) is 11.5 Å². The maximum atomic E-state index is 13.1. The van der Waals surface area contributed by atoms with Crippen LogP contribution in [0.1, 0.15) is 11.1 Å². The summed E-state index contributed by atoms with van der Waals surface area (Å²) in [6, 6.07) is 6.99. The molecule has 0 aromatic heterocycles. The lowest BCUT2D eigenvalue weighted by molar-refractivity contribution is -0.143. The number of halogens is 2. The highest BCUT2D eigenvalue weighted by Gasteiger charge is 2.37. The van der Waals surface area contributed by atoms with Crippen LogP contribution in [0.3, 0.4) is 0 Å². The van der Waals surface area contributed by atoms with Gasteiger partial charge in [-0.25, -0.2) is 14.5 Å². The summed E-state index contributed by atoms with van der Waals surface area (Å²) in [5.41, 5.74) is 1.18. The van der Waals surface area contributed by atoms with Crippen LogP contribution in [0.5, 0.6) is 11.5 Å². The number of rotatable bonds is 6. The molecule has 0 spiro atoms. The Labute approximate surface area is 207 Å². The summed E-state index contributed by atoms with van der Waals surface area (Å²) >= 11 is 8.11. The van der Waals surface area contributed by atoms with Gasteiger partial charge in [-0.3, -0.25) is 14.9 Å². The number of carbonyl (C=O) groups is 4. The minimum Gasteiger partial charge on any atom is -0.493 e. The molecule has 2 aromatic carbocycles. The van der Waals surface area contributed by atoms with Gasteiger partial charge in [0.15, 0.2) is 18.1 Å². The lowest BCUT2D eigenvalue weighted by Crippen LogP contribution is -2.54. The number of imide groups is 2. The molecule has 1 aliphatic rings. The van der Waals surface area contributed by atoms with Gasteiger partial charge in [-0.05, 0) is 71.0 Å². The van der Waals surface area contributed by atoms with Gasteiger partial charge in [0.2, 0.25) is 0 Å². The third-order valence-electron chi connectivity index (χ3n) is 4.64. The molecule has 2 aromatic rings. The van der Waals surface area contributed by atoms with E-state index in [0.717, 1.165) is 10.5 Å². The van der Waals surface area contributed by atoms with E-state index >= 15 is 0 Å². The smallest absolute Gasteiger partial charge is 0.343 e. The van der Waals surface area contributed by atoms with E-state index in [4.69, 9.17) is 21.1 Å². The Kier molecular flexibility index (Phi) is 7.59. The van der Waals surface area contributed by atoms with Crippen molar-refractivity contribution >= 4 is 69.8 Å². The van der Waals surface area contributed by atoms with Crippen LogP contribution >= 0.6 is 34.2 Å². The second-order valence-electron chi connectivity index (χ2n) is 6.79. The molecule has 0 atom stereocenters. The van der Waals surface area contributed by atoms with Crippen LogP contribution in [0, 0.1) is 10.5 Å². The third kappa shape index (κ3) is 5.28. The Morgan fingerprint density at radius 3 is 2.55 bits per heavy atom. The number of methoxy groups -OCH3 is 2. The number of amides is 4. The summed E-state index contributed by atoms with van der Waals surface area (Å²) in [6.07, 6.45) is 1.33.